The van der Waals surface area contributed by atoms with E-state index in [0.717, 1.165) is 10.1 Å². The average Bonchev–Trinajstić information content (AvgIpc) is 2.71. The van der Waals surface area contributed by atoms with Gasteiger partial charge < -0.3 is 19.8 Å². The van der Waals surface area contributed by atoms with Crippen molar-refractivity contribution in [3.8, 4) is 5.75 Å². The van der Waals surface area contributed by atoms with Gasteiger partial charge in [0.05, 0.1) is 31.2 Å². The van der Waals surface area contributed by atoms with Gasteiger partial charge in [-0.2, -0.15) is 0 Å². The Morgan fingerprint density at radius 1 is 1.11 bits per heavy atom. The molecule has 0 aliphatic rings. The summed E-state index contributed by atoms with van der Waals surface area (Å²) in [6.45, 7) is 0.896. The zero-order valence-corrected chi connectivity index (χ0v) is 15.7. The summed E-state index contributed by atoms with van der Waals surface area (Å²) in [5.74, 6) is 0.391. The highest BCUT2D eigenvalue weighted by Gasteiger charge is 2.12. The topological polar surface area (TPSA) is 102 Å². The number of nitrogens with one attached hydrogen (secondary N) is 2. The first-order valence-corrected chi connectivity index (χ1v) is 8.70. The molecule has 0 unspecified atom stereocenters. The molecule has 2 aromatic carbocycles. The van der Waals surface area contributed by atoms with Gasteiger partial charge in [0.2, 0.25) is 0 Å². The van der Waals surface area contributed by atoms with Crippen LogP contribution in [0.3, 0.4) is 0 Å². The highest BCUT2D eigenvalue weighted by atomic mass is 16.5. The van der Waals surface area contributed by atoms with Gasteiger partial charge in [0.1, 0.15) is 5.75 Å². The summed E-state index contributed by atoms with van der Waals surface area (Å²) < 4.78 is 11.1. The summed E-state index contributed by atoms with van der Waals surface area (Å²) in [5.41, 5.74) is 0.514. The number of amides is 1. The van der Waals surface area contributed by atoms with E-state index in [1.807, 2.05) is 0 Å². The minimum absolute atomic E-state index is 0.132. The van der Waals surface area contributed by atoms with Crippen molar-refractivity contribution in [2.75, 3.05) is 27.4 Å². The standard InChI is InChI=1S/C20H21N3O5/c1-27-10-9-21-18(24)14-5-8-16-17(11-14)22-20(26)23(19(16)25)12-13-3-6-15(28-2)7-4-13/h3-8,11H,9-10,12H2,1-2H3,(H,21,24)(H,22,26). The molecule has 0 atom stereocenters. The van der Waals surface area contributed by atoms with Crippen LogP contribution in [-0.4, -0.2) is 42.8 Å². The van der Waals surface area contributed by atoms with Crippen LogP contribution in [0.5, 0.6) is 5.75 Å². The number of aromatic nitrogens is 2. The van der Waals surface area contributed by atoms with Gasteiger partial charge in [-0.15, -0.1) is 0 Å². The fraction of sp³-hybridized carbons (Fsp3) is 0.250. The van der Waals surface area contributed by atoms with Crippen molar-refractivity contribution in [1.82, 2.24) is 14.9 Å². The van der Waals surface area contributed by atoms with Crippen LogP contribution in [0, 0.1) is 0 Å². The van der Waals surface area contributed by atoms with Crippen LogP contribution in [0.1, 0.15) is 15.9 Å². The van der Waals surface area contributed by atoms with Crippen molar-refractivity contribution < 1.29 is 14.3 Å². The van der Waals surface area contributed by atoms with Crippen LogP contribution in [0.4, 0.5) is 0 Å². The van der Waals surface area contributed by atoms with Gasteiger partial charge in [0, 0.05) is 19.2 Å². The lowest BCUT2D eigenvalue weighted by atomic mass is 10.1. The number of benzene rings is 2. The van der Waals surface area contributed by atoms with E-state index in [4.69, 9.17) is 9.47 Å². The molecule has 28 heavy (non-hydrogen) atoms. The summed E-state index contributed by atoms with van der Waals surface area (Å²) in [4.78, 5) is 40.0. The Morgan fingerprint density at radius 2 is 1.86 bits per heavy atom. The summed E-state index contributed by atoms with van der Waals surface area (Å²) in [6.07, 6.45) is 0. The Hall–Kier alpha value is -3.39. The molecule has 0 saturated heterocycles. The molecule has 146 valence electrons. The molecular formula is C20H21N3O5. The van der Waals surface area contributed by atoms with Gasteiger partial charge in [0.25, 0.3) is 11.5 Å². The number of carbonyl (C=O) groups is 1. The number of carbonyl (C=O) groups excluding carboxylic acids is 1. The largest absolute Gasteiger partial charge is 0.497 e. The molecule has 0 bridgehead atoms. The second kappa shape index (κ2) is 8.53. The van der Waals surface area contributed by atoms with E-state index in [-0.39, 0.29) is 12.5 Å². The molecular weight excluding hydrogens is 362 g/mol. The Balaban J connectivity index is 1.91. The van der Waals surface area contributed by atoms with Crippen LogP contribution < -0.4 is 21.3 Å². The molecule has 1 amide bonds. The molecule has 0 aliphatic carbocycles. The molecule has 0 radical (unpaired) electrons. The van der Waals surface area contributed by atoms with Crippen molar-refractivity contribution in [2.45, 2.75) is 6.54 Å². The fourth-order valence-electron chi connectivity index (χ4n) is 2.82. The van der Waals surface area contributed by atoms with E-state index >= 15 is 0 Å². The molecule has 1 heterocycles. The molecule has 3 aromatic rings. The van der Waals surface area contributed by atoms with Gasteiger partial charge in [0.15, 0.2) is 0 Å². The van der Waals surface area contributed by atoms with Gasteiger partial charge in [-0.1, -0.05) is 12.1 Å². The number of ether oxygens (including phenoxy) is 2. The second-order valence-electron chi connectivity index (χ2n) is 6.18. The van der Waals surface area contributed by atoms with E-state index in [2.05, 4.69) is 10.3 Å². The van der Waals surface area contributed by atoms with Gasteiger partial charge in [-0.05, 0) is 35.9 Å². The number of rotatable bonds is 7. The summed E-state index contributed by atoms with van der Waals surface area (Å²) >= 11 is 0. The molecule has 1 aromatic heterocycles. The van der Waals surface area contributed by atoms with Crippen LogP contribution in [0.25, 0.3) is 10.9 Å². The molecule has 8 heteroatoms. The third kappa shape index (κ3) is 4.12. The van der Waals surface area contributed by atoms with E-state index in [1.165, 1.54) is 6.07 Å². The summed E-state index contributed by atoms with van der Waals surface area (Å²) in [7, 11) is 3.11. The zero-order chi connectivity index (χ0) is 20.1. The van der Waals surface area contributed by atoms with Crippen molar-refractivity contribution in [3.63, 3.8) is 0 Å². The Morgan fingerprint density at radius 3 is 2.54 bits per heavy atom. The molecule has 0 fully saturated rings. The lowest BCUT2D eigenvalue weighted by molar-refractivity contribution is 0.0937. The maximum absolute atomic E-state index is 12.8. The Kier molecular flexibility index (Phi) is 5.90. The van der Waals surface area contributed by atoms with Crippen LogP contribution in [-0.2, 0) is 11.3 Å². The third-order valence-corrected chi connectivity index (χ3v) is 4.34. The molecule has 0 spiro atoms. The first kappa shape index (κ1) is 19.4. The van der Waals surface area contributed by atoms with Crippen molar-refractivity contribution >= 4 is 16.8 Å². The highest BCUT2D eigenvalue weighted by molar-refractivity contribution is 5.97. The van der Waals surface area contributed by atoms with Crippen molar-refractivity contribution in [2.24, 2.45) is 0 Å². The maximum Gasteiger partial charge on any atom is 0.329 e. The highest BCUT2D eigenvalue weighted by Crippen LogP contribution is 2.12. The third-order valence-electron chi connectivity index (χ3n) is 4.34. The van der Waals surface area contributed by atoms with Crippen molar-refractivity contribution in [3.05, 3.63) is 74.4 Å². The smallest absolute Gasteiger partial charge is 0.329 e. The molecule has 3 rings (SSSR count). The van der Waals surface area contributed by atoms with E-state index < -0.39 is 11.2 Å². The van der Waals surface area contributed by atoms with E-state index in [0.29, 0.717) is 35.4 Å². The summed E-state index contributed by atoms with van der Waals surface area (Å²) in [6, 6.07) is 11.7. The number of hydrogen-bond acceptors (Lipinski definition) is 5. The van der Waals surface area contributed by atoms with Gasteiger partial charge >= 0.3 is 5.69 Å². The first-order valence-electron chi connectivity index (χ1n) is 8.70. The van der Waals surface area contributed by atoms with Crippen LogP contribution in [0.15, 0.2) is 52.1 Å². The SMILES string of the molecule is COCCNC(=O)c1ccc2c(=O)n(Cc3ccc(OC)cc3)c(=O)[nH]c2c1. The first-order chi connectivity index (χ1) is 13.5. The van der Waals surface area contributed by atoms with Gasteiger partial charge in [-0.3, -0.25) is 14.2 Å². The number of methoxy groups -OCH3 is 2. The Bertz CT molecular complexity index is 1100. The number of nitrogens with zero attached hydrogens (tertiary/aromatic N) is 1. The monoisotopic (exact) mass is 383 g/mol. The lowest BCUT2D eigenvalue weighted by Crippen LogP contribution is -2.35. The summed E-state index contributed by atoms with van der Waals surface area (Å²) in [5, 5.41) is 3.03. The Labute approximate surface area is 160 Å². The quantitative estimate of drug-likeness (QED) is 0.596. The normalized spacial score (nSPS) is 10.8. The minimum Gasteiger partial charge on any atom is -0.497 e. The van der Waals surface area contributed by atoms with Gasteiger partial charge in [-0.25, -0.2) is 4.79 Å². The van der Waals surface area contributed by atoms with E-state index in [1.54, 1.807) is 50.6 Å². The lowest BCUT2D eigenvalue weighted by Gasteiger charge is -2.09. The van der Waals surface area contributed by atoms with Crippen LogP contribution >= 0.6 is 0 Å². The number of fused-ring (bicyclic) bond motifs is 1. The number of H-pyrrole nitrogens is 1. The number of hydrogen-bond donors (Lipinski definition) is 2. The number of aromatic amines is 1. The predicted octanol–water partition coefficient (Wildman–Crippen LogP) is 1.12. The second-order valence-corrected chi connectivity index (χ2v) is 6.18. The van der Waals surface area contributed by atoms with E-state index in [9.17, 15) is 14.4 Å². The average molecular weight is 383 g/mol. The minimum atomic E-state index is -0.537. The molecule has 8 nitrogen and oxygen atoms in total. The van der Waals surface area contributed by atoms with Crippen LogP contribution in [0.2, 0.25) is 0 Å². The molecule has 0 aliphatic heterocycles. The zero-order valence-electron chi connectivity index (χ0n) is 15.7. The fourth-order valence-corrected chi connectivity index (χ4v) is 2.82. The molecule has 0 saturated carbocycles. The predicted molar refractivity (Wildman–Crippen MR) is 105 cm³/mol. The molecule has 2 N–H and O–H groups in total. The van der Waals surface area contributed by atoms with Crippen molar-refractivity contribution in [1.29, 1.82) is 0 Å². The maximum atomic E-state index is 12.8.